The fourth-order valence-electron chi connectivity index (χ4n) is 3.91. The maximum absolute atomic E-state index is 12.7. The first kappa shape index (κ1) is 29.5. The zero-order valence-corrected chi connectivity index (χ0v) is 26.7. The molecule has 0 fully saturated rings. The number of hydrogen-bond donors (Lipinski definition) is 2. The minimum atomic E-state index is -1.45. The summed E-state index contributed by atoms with van der Waals surface area (Å²) in [4.78, 5) is 12.7. The molecular formula is C33H24I2O7. The van der Waals surface area contributed by atoms with Crippen molar-refractivity contribution >= 4 is 51.2 Å². The number of carbonyl (C=O) groups is 1. The number of aromatic carboxylic acids is 1. The highest BCUT2D eigenvalue weighted by atomic mass is 127. The molecular weight excluding hydrogens is 762 g/mol. The zero-order chi connectivity index (χ0) is 29.8. The molecule has 5 aromatic rings. The minimum absolute atomic E-state index is 0.0695. The van der Waals surface area contributed by atoms with Gasteiger partial charge in [-0.2, -0.15) is 0 Å². The molecule has 0 bridgehead atoms. The van der Waals surface area contributed by atoms with Crippen LogP contribution < -0.4 is 18.9 Å². The van der Waals surface area contributed by atoms with Gasteiger partial charge in [0.15, 0.2) is 17.1 Å². The second kappa shape index (κ2) is 12.9. The molecule has 7 nitrogen and oxygen atoms in total. The van der Waals surface area contributed by atoms with Crippen LogP contribution in [0.1, 0.15) is 21.5 Å². The molecule has 2 N–H and O–H groups in total. The zero-order valence-electron chi connectivity index (χ0n) is 22.4. The van der Waals surface area contributed by atoms with Gasteiger partial charge in [-0.3, -0.25) is 0 Å². The van der Waals surface area contributed by atoms with E-state index in [1.165, 1.54) is 0 Å². The largest absolute Gasteiger partial charge is 0.503 e. The van der Waals surface area contributed by atoms with Crippen LogP contribution >= 0.6 is 45.2 Å². The third-order valence-corrected chi connectivity index (χ3v) is 7.50. The lowest BCUT2D eigenvalue weighted by Crippen LogP contribution is -2.06. The predicted molar refractivity (Wildman–Crippen MR) is 176 cm³/mol. The number of halogens is 2. The summed E-state index contributed by atoms with van der Waals surface area (Å²) >= 11 is 4.36. The van der Waals surface area contributed by atoms with E-state index in [2.05, 4.69) is 45.2 Å². The number of phenols is 1. The Hall–Kier alpha value is -3.97. The number of ether oxygens (including phenoxy) is 4. The summed E-state index contributed by atoms with van der Waals surface area (Å²) in [6, 6.07) is 28.5. The van der Waals surface area contributed by atoms with Crippen molar-refractivity contribution in [2.75, 3.05) is 0 Å². The number of rotatable bonds is 9. The van der Waals surface area contributed by atoms with Crippen LogP contribution in [0, 0.1) is 21.0 Å². The Bertz CT molecular complexity index is 1720. The van der Waals surface area contributed by atoms with Gasteiger partial charge < -0.3 is 29.2 Å². The van der Waals surface area contributed by atoms with E-state index in [1.54, 1.807) is 48.5 Å². The summed E-state index contributed by atoms with van der Waals surface area (Å²) in [5.41, 5.74) is 1.44. The number of hydrogen-bond acceptors (Lipinski definition) is 6. The Morgan fingerprint density at radius 1 is 0.524 bits per heavy atom. The SMILES string of the molecule is Cc1ccc(Oc2c(O)c(C(=O)O)c(Oc3ccc(C)cc3)c(Oc3ccc(I)cc3)c2Oc2ccc(I)cc2)cc1. The molecule has 0 spiro atoms. The molecule has 0 saturated carbocycles. The van der Waals surface area contributed by atoms with E-state index in [4.69, 9.17) is 18.9 Å². The number of carboxylic acids is 1. The van der Waals surface area contributed by atoms with Gasteiger partial charge in [-0.15, -0.1) is 0 Å². The number of benzene rings is 5. The monoisotopic (exact) mass is 786 g/mol. The van der Waals surface area contributed by atoms with Crippen LogP contribution in [-0.2, 0) is 0 Å². The van der Waals surface area contributed by atoms with E-state index < -0.39 is 17.3 Å². The first-order chi connectivity index (χ1) is 20.2. The first-order valence-electron chi connectivity index (χ1n) is 12.7. The lowest BCUT2D eigenvalue weighted by molar-refractivity contribution is 0.0689. The van der Waals surface area contributed by atoms with Crippen LogP contribution in [0.3, 0.4) is 0 Å². The fourth-order valence-corrected chi connectivity index (χ4v) is 4.63. The quantitative estimate of drug-likeness (QED) is 0.144. The van der Waals surface area contributed by atoms with E-state index in [9.17, 15) is 15.0 Å². The fraction of sp³-hybridized carbons (Fsp3) is 0.0606. The standard InChI is InChI=1S/C33H24I2O7/c1-19-3-11-23(12-4-19)39-29-27(33(37)38)28(36)30(40-24-13-5-20(2)6-14-24)32(42-26-17-9-22(35)10-18-26)31(29)41-25-15-7-21(34)8-16-25/h3-18,36H,1-2H3,(H,37,38). The smallest absolute Gasteiger partial charge is 0.343 e. The van der Waals surface area contributed by atoms with Crippen LogP contribution in [0.2, 0.25) is 0 Å². The average Bonchev–Trinajstić information content (AvgIpc) is 2.97. The first-order valence-corrected chi connectivity index (χ1v) is 14.9. The molecule has 0 aliphatic rings. The third kappa shape index (κ3) is 6.90. The third-order valence-electron chi connectivity index (χ3n) is 6.06. The predicted octanol–water partition coefficient (Wildman–Crippen LogP) is 10.1. The van der Waals surface area contributed by atoms with Crippen LogP contribution in [0.15, 0.2) is 97.1 Å². The molecule has 0 atom stereocenters. The molecule has 0 heterocycles. The van der Waals surface area contributed by atoms with Gasteiger partial charge in [0.25, 0.3) is 0 Å². The van der Waals surface area contributed by atoms with E-state index in [1.807, 2.05) is 62.4 Å². The molecule has 0 saturated heterocycles. The summed E-state index contributed by atoms with van der Waals surface area (Å²) in [6.07, 6.45) is 0. The summed E-state index contributed by atoms with van der Waals surface area (Å²) in [6.45, 7) is 3.85. The van der Waals surface area contributed by atoms with Gasteiger partial charge in [0.2, 0.25) is 17.2 Å². The van der Waals surface area contributed by atoms with Gasteiger partial charge in [0, 0.05) is 7.14 Å². The lowest BCUT2D eigenvalue weighted by Gasteiger charge is -2.22. The summed E-state index contributed by atoms with van der Waals surface area (Å²) in [5, 5.41) is 21.8. The molecule has 0 radical (unpaired) electrons. The summed E-state index contributed by atoms with van der Waals surface area (Å²) < 4.78 is 26.9. The Morgan fingerprint density at radius 2 is 0.833 bits per heavy atom. The van der Waals surface area contributed by atoms with Crippen molar-refractivity contribution in [1.29, 1.82) is 0 Å². The maximum atomic E-state index is 12.7. The maximum Gasteiger partial charge on any atom is 0.343 e. The van der Waals surface area contributed by atoms with Crippen LogP contribution in [0.25, 0.3) is 0 Å². The van der Waals surface area contributed by atoms with E-state index >= 15 is 0 Å². The van der Waals surface area contributed by atoms with Crippen LogP contribution in [-0.4, -0.2) is 16.2 Å². The Balaban J connectivity index is 1.79. The molecule has 5 rings (SSSR count). The van der Waals surface area contributed by atoms with Gasteiger partial charge in [-0.25, -0.2) is 4.79 Å². The highest BCUT2D eigenvalue weighted by molar-refractivity contribution is 14.1. The van der Waals surface area contributed by atoms with Crippen molar-refractivity contribution in [2.24, 2.45) is 0 Å². The molecule has 0 unspecified atom stereocenters. The average molecular weight is 786 g/mol. The topological polar surface area (TPSA) is 94.5 Å². The highest BCUT2D eigenvalue weighted by Gasteiger charge is 2.34. The van der Waals surface area contributed by atoms with E-state index in [0.717, 1.165) is 18.3 Å². The number of carboxylic acid groups (broad SMARTS) is 1. The van der Waals surface area contributed by atoms with Crippen LogP contribution in [0.5, 0.6) is 51.7 Å². The van der Waals surface area contributed by atoms with Crippen molar-refractivity contribution < 1.29 is 34.0 Å². The highest BCUT2D eigenvalue weighted by Crippen LogP contribution is 2.57. The number of aromatic hydroxyl groups is 1. The van der Waals surface area contributed by atoms with Gasteiger partial charge in [0.1, 0.15) is 23.0 Å². The van der Waals surface area contributed by atoms with Gasteiger partial charge in [-0.05, 0) is 132 Å². The second-order valence-electron chi connectivity index (χ2n) is 9.29. The van der Waals surface area contributed by atoms with Crippen molar-refractivity contribution in [3.63, 3.8) is 0 Å². The van der Waals surface area contributed by atoms with Crippen molar-refractivity contribution in [2.45, 2.75) is 13.8 Å². The van der Waals surface area contributed by atoms with Crippen LogP contribution in [0.4, 0.5) is 0 Å². The van der Waals surface area contributed by atoms with Crippen molar-refractivity contribution in [1.82, 2.24) is 0 Å². The summed E-state index contributed by atoms with van der Waals surface area (Å²) in [5.74, 6) is -1.30. The van der Waals surface area contributed by atoms with Gasteiger partial charge in [-0.1, -0.05) is 35.4 Å². The molecule has 212 valence electrons. The normalized spacial score (nSPS) is 10.7. The number of aryl methyl sites for hydroxylation is 2. The molecule has 0 aliphatic carbocycles. The lowest BCUT2D eigenvalue weighted by atomic mass is 10.1. The molecule has 0 aliphatic heterocycles. The van der Waals surface area contributed by atoms with E-state index in [0.29, 0.717) is 23.0 Å². The minimum Gasteiger partial charge on any atom is -0.503 e. The molecule has 42 heavy (non-hydrogen) atoms. The van der Waals surface area contributed by atoms with E-state index in [-0.39, 0.29) is 23.0 Å². The Kier molecular flexibility index (Phi) is 9.07. The second-order valence-corrected chi connectivity index (χ2v) is 11.8. The Morgan fingerprint density at radius 3 is 1.21 bits per heavy atom. The van der Waals surface area contributed by atoms with Crippen molar-refractivity contribution in [3.05, 3.63) is 121 Å². The molecule has 5 aromatic carbocycles. The van der Waals surface area contributed by atoms with Crippen molar-refractivity contribution in [3.8, 4) is 51.7 Å². The molecule has 9 heteroatoms. The summed E-state index contributed by atoms with van der Waals surface area (Å²) in [7, 11) is 0. The Labute approximate surface area is 269 Å². The van der Waals surface area contributed by atoms with Gasteiger partial charge in [0.05, 0.1) is 0 Å². The molecule has 0 aromatic heterocycles. The molecule has 0 amide bonds. The van der Waals surface area contributed by atoms with Gasteiger partial charge >= 0.3 is 5.97 Å².